The SMILES string of the molecule is COc1ccc(Br)c(OC)c1C=O. The van der Waals surface area contributed by atoms with Crippen molar-refractivity contribution in [2.75, 3.05) is 14.2 Å². The van der Waals surface area contributed by atoms with E-state index in [1.54, 1.807) is 12.1 Å². The molecule has 0 aliphatic heterocycles. The molecule has 0 amide bonds. The number of benzene rings is 1. The van der Waals surface area contributed by atoms with Gasteiger partial charge in [0.2, 0.25) is 0 Å². The zero-order valence-electron chi connectivity index (χ0n) is 7.33. The number of rotatable bonds is 3. The summed E-state index contributed by atoms with van der Waals surface area (Å²) in [5, 5.41) is 0. The highest BCUT2D eigenvalue weighted by Gasteiger charge is 2.11. The number of ether oxygens (including phenoxy) is 2. The van der Waals surface area contributed by atoms with Crippen LogP contribution in [-0.4, -0.2) is 20.5 Å². The van der Waals surface area contributed by atoms with Gasteiger partial charge in [-0.15, -0.1) is 0 Å². The van der Waals surface area contributed by atoms with Crippen LogP contribution < -0.4 is 9.47 Å². The summed E-state index contributed by atoms with van der Waals surface area (Å²) in [6.07, 6.45) is 0.711. The summed E-state index contributed by atoms with van der Waals surface area (Å²) >= 11 is 3.27. The minimum absolute atomic E-state index is 0.416. The second-order valence-corrected chi connectivity index (χ2v) is 3.17. The maximum absolute atomic E-state index is 10.7. The second kappa shape index (κ2) is 4.28. The standard InChI is InChI=1S/C9H9BrO3/c1-12-8-4-3-7(10)9(13-2)6(8)5-11/h3-5H,1-2H3. The molecule has 0 saturated carbocycles. The first-order chi connectivity index (χ1) is 6.24. The Bertz CT molecular complexity index is 323. The quantitative estimate of drug-likeness (QED) is 0.766. The molecule has 0 atom stereocenters. The van der Waals surface area contributed by atoms with Crippen LogP contribution in [0.25, 0.3) is 0 Å². The number of carbonyl (C=O) groups excluding carboxylic acids is 1. The lowest BCUT2D eigenvalue weighted by Gasteiger charge is -2.09. The largest absolute Gasteiger partial charge is 0.496 e. The maximum atomic E-state index is 10.7. The molecule has 13 heavy (non-hydrogen) atoms. The van der Waals surface area contributed by atoms with Crippen molar-refractivity contribution in [1.82, 2.24) is 0 Å². The first kappa shape index (κ1) is 10.1. The van der Waals surface area contributed by atoms with Crippen LogP contribution in [-0.2, 0) is 0 Å². The van der Waals surface area contributed by atoms with Gasteiger partial charge in [-0.3, -0.25) is 4.79 Å². The third kappa shape index (κ3) is 1.83. The van der Waals surface area contributed by atoms with Gasteiger partial charge in [0.1, 0.15) is 11.5 Å². The minimum Gasteiger partial charge on any atom is -0.496 e. The number of methoxy groups -OCH3 is 2. The van der Waals surface area contributed by atoms with Crippen LogP contribution in [0.3, 0.4) is 0 Å². The molecule has 70 valence electrons. The van der Waals surface area contributed by atoms with Gasteiger partial charge in [0.05, 0.1) is 24.3 Å². The fourth-order valence-corrected chi connectivity index (χ4v) is 1.56. The van der Waals surface area contributed by atoms with Crippen LogP contribution in [0.4, 0.5) is 0 Å². The monoisotopic (exact) mass is 244 g/mol. The summed E-state index contributed by atoms with van der Waals surface area (Å²) in [6.45, 7) is 0. The molecule has 0 spiro atoms. The molecule has 0 heterocycles. The zero-order valence-corrected chi connectivity index (χ0v) is 8.92. The Morgan fingerprint density at radius 1 is 1.31 bits per heavy atom. The Labute approximate surface area is 84.8 Å². The van der Waals surface area contributed by atoms with Gasteiger partial charge < -0.3 is 9.47 Å². The van der Waals surface area contributed by atoms with E-state index < -0.39 is 0 Å². The summed E-state index contributed by atoms with van der Waals surface area (Å²) in [4.78, 5) is 10.7. The van der Waals surface area contributed by atoms with E-state index in [0.717, 1.165) is 4.47 Å². The third-order valence-electron chi connectivity index (χ3n) is 1.65. The van der Waals surface area contributed by atoms with Crippen LogP contribution in [0.2, 0.25) is 0 Å². The Balaban J connectivity index is 3.36. The molecule has 0 unspecified atom stereocenters. The molecule has 3 nitrogen and oxygen atoms in total. The molecule has 0 aromatic heterocycles. The maximum Gasteiger partial charge on any atom is 0.157 e. The first-order valence-corrected chi connectivity index (χ1v) is 4.39. The van der Waals surface area contributed by atoms with E-state index in [9.17, 15) is 4.79 Å². The average molecular weight is 245 g/mol. The number of hydrogen-bond donors (Lipinski definition) is 0. The van der Waals surface area contributed by atoms with E-state index in [4.69, 9.17) is 9.47 Å². The zero-order chi connectivity index (χ0) is 9.84. The van der Waals surface area contributed by atoms with Gasteiger partial charge in [-0.05, 0) is 28.1 Å². The molecule has 0 radical (unpaired) electrons. The summed E-state index contributed by atoms with van der Waals surface area (Å²) in [5.41, 5.74) is 0.416. The van der Waals surface area contributed by atoms with Gasteiger partial charge in [-0.1, -0.05) is 0 Å². The molecule has 0 N–H and O–H groups in total. The molecule has 1 rings (SSSR count). The van der Waals surface area contributed by atoms with Crippen LogP contribution in [0.5, 0.6) is 11.5 Å². The summed E-state index contributed by atoms with van der Waals surface area (Å²) in [5.74, 6) is 1.00. The predicted molar refractivity (Wildman–Crippen MR) is 52.6 cm³/mol. The fraction of sp³-hybridized carbons (Fsp3) is 0.222. The van der Waals surface area contributed by atoms with Crippen LogP contribution >= 0.6 is 15.9 Å². The van der Waals surface area contributed by atoms with E-state index in [1.807, 2.05) is 0 Å². The predicted octanol–water partition coefficient (Wildman–Crippen LogP) is 2.28. The molecule has 0 bridgehead atoms. The van der Waals surface area contributed by atoms with Crippen molar-refractivity contribution >= 4 is 22.2 Å². The minimum atomic E-state index is 0.416. The van der Waals surface area contributed by atoms with E-state index >= 15 is 0 Å². The van der Waals surface area contributed by atoms with Crippen LogP contribution in [0.15, 0.2) is 16.6 Å². The second-order valence-electron chi connectivity index (χ2n) is 2.31. The van der Waals surface area contributed by atoms with Crippen molar-refractivity contribution in [3.63, 3.8) is 0 Å². The number of aldehydes is 1. The van der Waals surface area contributed by atoms with Gasteiger partial charge in [0, 0.05) is 0 Å². The van der Waals surface area contributed by atoms with Gasteiger partial charge in [0.25, 0.3) is 0 Å². The summed E-state index contributed by atoms with van der Waals surface area (Å²) < 4.78 is 10.8. The lowest BCUT2D eigenvalue weighted by Crippen LogP contribution is -1.95. The lowest BCUT2D eigenvalue weighted by molar-refractivity contribution is 0.111. The van der Waals surface area contributed by atoms with Crippen molar-refractivity contribution in [1.29, 1.82) is 0 Å². The Hall–Kier alpha value is -1.03. The molecule has 0 saturated heterocycles. The highest BCUT2D eigenvalue weighted by atomic mass is 79.9. The van der Waals surface area contributed by atoms with Crippen molar-refractivity contribution in [2.24, 2.45) is 0 Å². The molecule has 1 aromatic carbocycles. The molecule has 4 heteroatoms. The van der Waals surface area contributed by atoms with Crippen molar-refractivity contribution < 1.29 is 14.3 Å². The lowest BCUT2D eigenvalue weighted by atomic mass is 10.2. The van der Waals surface area contributed by atoms with E-state index in [1.165, 1.54) is 14.2 Å². The first-order valence-electron chi connectivity index (χ1n) is 3.60. The van der Waals surface area contributed by atoms with Crippen molar-refractivity contribution in [3.8, 4) is 11.5 Å². The Morgan fingerprint density at radius 2 is 2.00 bits per heavy atom. The van der Waals surface area contributed by atoms with Crippen molar-refractivity contribution in [3.05, 3.63) is 22.2 Å². The molecular formula is C9H9BrO3. The van der Waals surface area contributed by atoms with Crippen LogP contribution in [0, 0.1) is 0 Å². The highest BCUT2D eigenvalue weighted by Crippen LogP contribution is 2.33. The van der Waals surface area contributed by atoms with E-state index in [2.05, 4.69) is 15.9 Å². The number of carbonyl (C=O) groups is 1. The Morgan fingerprint density at radius 3 is 2.46 bits per heavy atom. The smallest absolute Gasteiger partial charge is 0.157 e. The van der Waals surface area contributed by atoms with Gasteiger partial charge >= 0.3 is 0 Å². The highest BCUT2D eigenvalue weighted by molar-refractivity contribution is 9.10. The normalized spacial score (nSPS) is 9.46. The van der Waals surface area contributed by atoms with Gasteiger partial charge in [-0.2, -0.15) is 0 Å². The molecule has 1 aromatic rings. The van der Waals surface area contributed by atoms with Gasteiger partial charge in [0.15, 0.2) is 6.29 Å². The molecule has 0 fully saturated rings. The number of hydrogen-bond acceptors (Lipinski definition) is 3. The summed E-state index contributed by atoms with van der Waals surface area (Å²) in [7, 11) is 3.02. The van der Waals surface area contributed by atoms with Gasteiger partial charge in [-0.25, -0.2) is 0 Å². The van der Waals surface area contributed by atoms with E-state index in [-0.39, 0.29) is 0 Å². The molecule has 0 aliphatic rings. The fourth-order valence-electron chi connectivity index (χ4n) is 1.05. The average Bonchev–Trinajstić information content (AvgIpc) is 2.17. The topological polar surface area (TPSA) is 35.5 Å². The third-order valence-corrected chi connectivity index (χ3v) is 2.27. The Kier molecular flexibility index (Phi) is 3.31. The van der Waals surface area contributed by atoms with Crippen LogP contribution in [0.1, 0.15) is 10.4 Å². The van der Waals surface area contributed by atoms with E-state index in [0.29, 0.717) is 23.3 Å². The molecule has 0 aliphatic carbocycles. The van der Waals surface area contributed by atoms with Crippen molar-refractivity contribution in [2.45, 2.75) is 0 Å². The number of halogens is 1. The molecular weight excluding hydrogens is 236 g/mol. The summed E-state index contributed by atoms with van der Waals surface area (Å²) in [6, 6.07) is 3.47.